The molecule has 0 atom stereocenters. The Bertz CT molecular complexity index is 929. The summed E-state index contributed by atoms with van der Waals surface area (Å²) in [6.45, 7) is 0.132. The number of hydrogen-bond acceptors (Lipinski definition) is 6. The molecular formula is C15H13ClN4O3S. The molecule has 0 unspecified atom stereocenters. The second kappa shape index (κ2) is 7.08. The van der Waals surface area contributed by atoms with Crippen LogP contribution in [0.15, 0.2) is 58.1 Å². The number of aromatic nitrogens is 3. The number of nitrogens with one attached hydrogen (secondary N) is 1. The first-order valence-corrected chi connectivity index (χ1v) is 8.89. The molecule has 0 spiro atoms. The quantitative estimate of drug-likeness (QED) is 0.720. The molecule has 124 valence electrons. The fourth-order valence-corrected chi connectivity index (χ4v) is 3.31. The summed E-state index contributed by atoms with van der Waals surface area (Å²) >= 11 is 5.81. The maximum atomic E-state index is 12.2. The van der Waals surface area contributed by atoms with Crippen LogP contribution in [-0.2, 0) is 16.4 Å². The first kappa shape index (κ1) is 16.6. The molecular weight excluding hydrogens is 352 g/mol. The molecule has 0 aliphatic rings. The van der Waals surface area contributed by atoms with Crippen LogP contribution in [0.3, 0.4) is 0 Å². The van der Waals surface area contributed by atoms with E-state index in [1.807, 2.05) is 0 Å². The van der Waals surface area contributed by atoms with Gasteiger partial charge in [0.25, 0.3) is 0 Å². The molecule has 0 bridgehead atoms. The summed E-state index contributed by atoms with van der Waals surface area (Å²) in [6, 6.07) is 9.55. The van der Waals surface area contributed by atoms with E-state index in [9.17, 15) is 8.42 Å². The van der Waals surface area contributed by atoms with Gasteiger partial charge in [0.15, 0.2) is 0 Å². The summed E-state index contributed by atoms with van der Waals surface area (Å²) in [6.07, 6.45) is 3.52. The van der Waals surface area contributed by atoms with E-state index in [4.69, 9.17) is 16.0 Å². The summed E-state index contributed by atoms with van der Waals surface area (Å²) in [5.41, 5.74) is 0.753. The first-order chi connectivity index (χ1) is 11.5. The Labute approximate surface area is 143 Å². The smallest absolute Gasteiger partial charge is 0.247 e. The lowest BCUT2D eigenvalue weighted by Gasteiger charge is -2.05. The Balaban J connectivity index is 1.62. The predicted octanol–water partition coefficient (Wildman–Crippen LogP) is 2.31. The molecule has 24 heavy (non-hydrogen) atoms. The summed E-state index contributed by atoms with van der Waals surface area (Å²) in [5, 5.41) is 8.20. The summed E-state index contributed by atoms with van der Waals surface area (Å²) in [5.74, 6) is 0.709. The van der Waals surface area contributed by atoms with Crippen molar-refractivity contribution in [2.75, 3.05) is 6.54 Å². The van der Waals surface area contributed by atoms with Gasteiger partial charge in [0.1, 0.15) is 0 Å². The van der Waals surface area contributed by atoms with E-state index in [1.54, 1.807) is 36.7 Å². The van der Waals surface area contributed by atoms with Gasteiger partial charge in [-0.05, 0) is 30.3 Å². The number of benzene rings is 1. The van der Waals surface area contributed by atoms with Gasteiger partial charge in [-0.3, -0.25) is 4.98 Å². The van der Waals surface area contributed by atoms with Crippen molar-refractivity contribution in [3.63, 3.8) is 0 Å². The average Bonchev–Trinajstić information content (AvgIpc) is 3.04. The van der Waals surface area contributed by atoms with Gasteiger partial charge in [0, 0.05) is 35.9 Å². The molecule has 0 radical (unpaired) electrons. The molecule has 2 heterocycles. The van der Waals surface area contributed by atoms with E-state index in [0.717, 1.165) is 5.56 Å². The van der Waals surface area contributed by atoms with Crippen molar-refractivity contribution in [3.05, 3.63) is 59.7 Å². The lowest BCUT2D eigenvalue weighted by Crippen LogP contribution is -2.26. The zero-order chi connectivity index (χ0) is 17.0. The maximum Gasteiger partial charge on any atom is 0.247 e. The molecule has 1 N–H and O–H groups in total. The second-order valence-electron chi connectivity index (χ2n) is 4.84. The largest absolute Gasteiger partial charge is 0.421 e. The minimum atomic E-state index is -3.63. The van der Waals surface area contributed by atoms with Gasteiger partial charge in [0.2, 0.25) is 21.8 Å². The van der Waals surface area contributed by atoms with Crippen LogP contribution in [0.2, 0.25) is 5.02 Å². The molecule has 0 aliphatic heterocycles. The van der Waals surface area contributed by atoms with Crippen LogP contribution in [0.25, 0.3) is 11.5 Å². The molecule has 7 nitrogen and oxygen atoms in total. The van der Waals surface area contributed by atoms with Crippen molar-refractivity contribution in [2.24, 2.45) is 0 Å². The molecule has 0 saturated heterocycles. The van der Waals surface area contributed by atoms with Crippen molar-refractivity contribution in [2.45, 2.75) is 11.3 Å². The standard InChI is InChI=1S/C15H13ClN4O3S/c16-12-2-1-3-13(10-12)24(21,22)18-9-6-14-19-20-15(23-14)11-4-7-17-8-5-11/h1-5,7-8,10,18H,6,9H2. The molecule has 2 aromatic heterocycles. The lowest BCUT2D eigenvalue weighted by molar-refractivity contribution is 0.502. The van der Waals surface area contributed by atoms with E-state index in [2.05, 4.69) is 19.9 Å². The zero-order valence-corrected chi connectivity index (χ0v) is 14.0. The highest BCUT2D eigenvalue weighted by atomic mass is 35.5. The Morgan fingerprint density at radius 1 is 1.12 bits per heavy atom. The van der Waals surface area contributed by atoms with Crippen molar-refractivity contribution in [3.8, 4) is 11.5 Å². The van der Waals surface area contributed by atoms with Crippen molar-refractivity contribution < 1.29 is 12.8 Å². The van der Waals surface area contributed by atoms with Crippen LogP contribution in [0.4, 0.5) is 0 Å². The van der Waals surface area contributed by atoms with Gasteiger partial charge >= 0.3 is 0 Å². The van der Waals surface area contributed by atoms with Crippen molar-refractivity contribution >= 4 is 21.6 Å². The third-order valence-electron chi connectivity index (χ3n) is 3.13. The molecule has 9 heteroatoms. The van der Waals surface area contributed by atoms with Gasteiger partial charge in [-0.1, -0.05) is 17.7 Å². The summed E-state index contributed by atoms with van der Waals surface area (Å²) < 4.78 is 32.3. The molecule has 3 rings (SSSR count). The normalized spacial score (nSPS) is 11.5. The predicted molar refractivity (Wildman–Crippen MR) is 87.9 cm³/mol. The van der Waals surface area contributed by atoms with E-state index in [-0.39, 0.29) is 17.9 Å². The van der Waals surface area contributed by atoms with Crippen molar-refractivity contribution in [1.29, 1.82) is 0 Å². The van der Waals surface area contributed by atoms with Crippen LogP contribution in [0.1, 0.15) is 5.89 Å². The Morgan fingerprint density at radius 2 is 1.92 bits per heavy atom. The Kier molecular flexibility index (Phi) is 4.89. The third-order valence-corrected chi connectivity index (χ3v) is 4.83. The number of halogens is 1. The Morgan fingerprint density at radius 3 is 2.67 bits per heavy atom. The van der Waals surface area contributed by atoms with Crippen LogP contribution in [0.5, 0.6) is 0 Å². The SMILES string of the molecule is O=S(=O)(NCCc1nnc(-c2ccncc2)o1)c1cccc(Cl)c1. The number of pyridine rings is 1. The molecule has 0 amide bonds. The Hall–Kier alpha value is -2.29. The number of nitrogens with zero attached hydrogens (tertiary/aromatic N) is 3. The minimum absolute atomic E-state index is 0.109. The van der Waals surface area contributed by atoms with E-state index in [0.29, 0.717) is 16.8 Å². The first-order valence-electron chi connectivity index (χ1n) is 7.02. The molecule has 0 aliphatic carbocycles. The summed E-state index contributed by atoms with van der Waals surface area (Å²) in [4.78, 5) is 4.02. The van der Waals surface area contributed by atoms with E-state index >= 15 is 0 Å². The molecule has 1 aromatic carbocycles. The van der Waals surface area contributed by atoms with Crippen molar-refractivity contribution in [1.82, 2.24) is 19.9 Å². The summed E-state index contributed by atoms with van der Waals surface area (Å²) in [7, 11) is -3.63. The van der Waals surface area contributed by atoms with Gasteiger partial charge < -0.3 is 4.42 Å². The highest BCUT2D eigenvalue weighted by Crippen LogP contribution is 2.17. The minimum Gasteiger partial charge on any atom is -0.421 e. The fraction of sp³-hybridized carbons (Fsp3) is 0.133. The highest BCUT2D eigenvalue weighted by molar-refractivity contribution is 7.89. The second-order valence-corrected chi connectivity index (χ2v) is 7.05. The third kappa shape index (κ3) is 3.97. The lowest BCUT2D eigenvalue weighted by atomic mass is 10.3. The number of sulfonamides is 1. The van der Waals surface area contributed by atoms with Gasteiger partial charge in [-0.25, -0.2) is 13.1 Å². The zero-order valence-electron chi connectivity index (χ0n) is 12.4. The van der Waals surface area contributed by atoms with Crippen LogP contribution in [0, 0.1) is 0 Å². The molecule has 3 aromatic rings. The topological polar surface area (TPSA) is 98.0 Å². The number of rotatable bonds is 6. The van der Waals surface area contributed by atoms with Gasteiger partial charge in [0.05, 0.1) is 4.90 Å². The number of hydrogen-bond donors (Lipinski definition) is 1. The average molecular weight is 365 g/mol. The van der Waals surface area contributed by atoms with Gasteiger partial charge in [-0.15, -0.1) is 10.2 Å². The molecule has 0 fully saturated rings. The van der Waals surface area contributed by atoms with Crippen LogP contribution < -0.4 is 4.72 Å². The maximum absolute atomic E-state index is 12.2. The van der Waals surface area contributed by atoms with E-state index in [1.165, 1.54) is 12.1 Å². The van der Waals surface area contributed by atoms with Crippen LogP contribution in [-0.4, -0.2) is 30.1 Å². The monoisotopic (exact) mass is 364 g/mol. The highest BCUT2D eigenvalue weighted by Gasteiger charge is 2.15. The van der Waals surface area contributed by atoms with Crippen LogP contribution >= 0.6 is 11.6 Å². The van der Waals surface area contributed by atoms with E-state index < -0.39 is 10.0 Å². The van der Waals surface area contributed by atoms with Gasteiger partial charge in [-0.2, -0.15) is 0 Å². The molecule has 0 saturated carbocycles. The fourth-order valence-electron chi connectivity index (χ4n) is 1.98.